The largest absolute Gasteiger partial charge is 0.381 e. The van der Waals surface area contributed by atoms with Gasteiger partial charge in [0, 0.05) is 32.2 Å². The van der Waals surface area contributed by atoms with Crippen molar-refractivity contribution in [2.75, 3.05) is 26.3 Å². The van der Waals surface area contributed by atoms with E-state index < -0.39 is 11.5 Å². The van der Waals surface area contributed by atoms with E-state index in [1.54, 1.807) is 0 Å². The molecule has 0 unspecified atom stereocenters. The lowest BCUT2D eigenvalue weighted by atomic mass is 9.75. The number of fused-ring (bicyclic) bond motifs is 1. The minimum atomic E-state index is -0.571. The maximum atomic E-state index is 13.4. The number of hydrogen-bond acceptors (Lipinski definition) is 4. The predicted molar refractivity (Wildman–Crippen MR) is 116 cm³/mol. The second kappa shape index (κ2) is 9.75. The molecule has 0 radical (unpaired) electrons. The van der Waals surface area contributed by atoms with Crippen LogP contribution in [0.25, 0.3) is 0 Å². The third-order valence-electron chi connectivity index (χ3n) is 6.89. The van der Waals surface area contributed by atoms with Crippen molar-refractivity contribution in [3.05, 3.63) is 48.0 Å². The van der Waals surface area contributed by atoms with Gasteiger partial charge in [-0.3, -0.25) is 9.59 Å². The summed E-state index contributed by atoms with van der Waals surface area (Å²) in [6.45, 7) is 2.99. The Morgan fingerprint density at radius 3 is 2.63 bits per heavy atom. The van der Waals surface area contributed by atoms with Crippen LogP contribution < -0.4 is 16.0 Å². The summed E-state index contributed by atoms with van der Waals surface area (Å²) in [6, 6.07) is 9.49. The van der Waals surface area contributed by atoms with E-state index in [9.17, 15) is 9.59 Å². The van der Waals surface area contributed by atoms with Crippen molar-refractivity contribution in [2.45, 2.75) is 50.6 Å². The number of carbonyl (C=O) groups excluding carboxylic acids is 2. The number of hydrogen-bond donors (Lipinski definition) is 3. The maximum Gasteiger partial charge on any atom is 0.243 e. The Morgan fingerprint density at radius 2 is 1.83 bits per heavy atom. The molecule has 2 amide bonds. The van der Waals surface area contributed by atoms with Gasteiger partial charge in [0.2, 0.25) is 11.8 Å². The molecule has 0 saturated carbocycles. The zero-order valence-corrected chi connectivity index (χ0v) is 17.6. The SMILES string of the molecule is O=C1N[C@H]2CCNC[C@@H]2C/C=C/CC2(CCOCC2)C(=O)N[C@H]1Cc1ccccc1. The molecule has 4 rings (SSSR count). The predicted octanol–water partition coefficient (Wildman–Crippen LogP) is 1.95. The van der Waals surface area contributed by atoms with Crippen molar-refractivity contribution in [1.29, 1.82) is 0 Å². The second-order valence-corrected chi connectivity index (χ2v) is 8.89. The molecule has 6 nitrogen and oxygen atoms in total. The van der Waals surface area contributed by atoms with E-state index >= 15 is 0 Å². The molecule has 0 aromatic heterocycles. The third kappa shape index (κ3) is 4.93. The van der Waals surface area contributed by atoms with Gasteiger partial charge in [-0.25, -0.2) is 0 Å². The molecule has 3 N–H and O–H groups in total. The first-order valence-corrected chi connectivity index (χ1v) is 11.2. The Hall–Kier alpha value is -2.18. The summed E-state index contributed by atoms with van der Waals surface area (Å²) in [7, 11) is 0. The fourth-order valence-electron chi connectivity index (χ4n) is 4.88. The van der Waals surface area contributed by atoms with E-state index in [0.29, 0.717) is 44.8 Å². The van der Waals surface area contributed by atoms with Crippen molar-refractivity contribution >= 4 is 11.8 Å². The first-order chi connectivity index (χ1) is 14.7. The van der Waals surface area contributed by atoms with E-state index in [4.69, 9.17) is 4.74 Å². The lowest BCUT2D eigenvalue weighted by molar-refractivity contribution is -0.140. The van der Waals surface area contributed by atoms with Gasteiger partial charge in [0.1, 0.15) is 6.04 Å². The van der Waals surface area contributed by atoms with E-state index in [1.807, 2.05) is 30.3 Å². The molecule has 1 aromatic rings. The van der Waals surface area contributed by atoms with E-state index in [-0.39, 0.29) is 17.9 Å². The van der Waals surface area contributed by atoms with Gasteiger partial charge >= 0.3 is 0 Å². The monoisotopic (exact) mass is 411 g/mol. The first-order valence-electron chi connectivity index (χ1n) is 11.2. The maximum absolute atomic E-state index is 13.4. The van der Waals surface area contributed by atoms with Crippen LogP contribution in [0.4, 0.5) is 0 Å². The Morgan fingerprint density at radius 1 is 1.03 bits per heavy atom. The molecule has 1 aromatic carbocycles. The quantitative estimate of drug-likeness (QED) is 0.650. The summed E-state index contributed by atoms with van der Waals surface area (Å²) in [4.78, 5) is 26.8. The van der Waals surface area contributed by atoms with Crippen LogP contribution in [0.15, 0.2) is 42.5 Å². The van der Waals surface area contributed by atoms with Gasteiger partial charge in [-0.1, -0.05) is 42.5 Å². The summed E-state index contributed by atoms with van der Waals surface area (Å²) in [5.41, 5.74) is 0.556. The molecule has 3 heterocycles. The lowest BCUT2D eigenvalue weighted by Gasteiger charge is -2.38. The number of nitrogens with one attached hydrogen (secondary N) is 3. The number of ether oxygens (including phenoxy) is 1. The van der Waals surface area contributed by atoms with Crippen molar-refractivity contribution in [1.82, 2.24) is 16.0 Å². The molecular formula is C24H33N3O3. The topological polar surface area (TPSA) is 79.5 Å². The lowest BCUT2D eigenvalue weighted by Crippen LogP contribution is -2.57. The average molecular weight is 412 g/mol. The van der Waals surface area contributed by atoms with Crippen LogP contribution in [-0.4, -0.2) is 50.2 Å². The second-order valence-electron chi connectivity index (χ2n) is 8.89. The minimum Gasteiger partial charge on any atom is -0.381 e. The Bertz CT molecular complexity index is 758. The number of allylic oxidation sites excluding steroid dienone is 2. The molecule has 30 heavy (non-hydrogen) atoms. The molecule has 0 bridgehead atoms. The van der Waals surface area contributed by atoms with Gasteiger partial charge < -0.3 is 20.7 Å². The molecule has 2 saturated heterocycles. The van der Waals surface area contributed by atoms with Crippen LogP contribution in [-0.2, 0) is 20.7 Å². The molecule has 3 aliphatic rings. The summed E-state index contributed by atoms with van der Waals surface area (Å²) < 4.78 is 5.54. The van der Waals surface area contributed by atoms with Gasteiger partial charge in [0.05, 0.1) is 5.41 Å². The summed E-state index contributed by atoms with van der Waals surface area (Å²) in [5, 5.41) is 9.85. The van der Waals surface area contributed by atoms with Gasteiger partial charge in [-0.2, -0.15) is 0 Å². The zero-order valence-electron chi connectivity index (χ0n) is 17.6. The van der Waals surface area contributed by atoms with Crippen molar-refractivity contribution in [3.63, 3.8) is 0 Å². The molecule has 3 aliphatic heterocycles. The van der Waals surface area contributed by atoms with Crippen LogP contribution in [0.3, 0.4) is 0 Å². The number of amides is 2. The highest BCUT2D eigenvalue weighted by Gasteiger charge is 2.41. The summed E-state index contributed by atoms with van der Waals surface area (Å²) in [5.74, 6) is 0.280. The van der Waals surface area contributed by atoms with Gasteiger partial charge in [0.15, 0.2) is 0 Å². The van der Waals surface area contributed by atoms with Gasteiger partial charge in [-0.05, 0) is 50.1 Å². The van der Waals surface area contributed by atoms with Gasteiger partial charge in [0.25, 0.3) is 0 Å². The Balaban J connectivity index is 1.61. The third-order valence-corrected chi connectivity index (χ3v) is 6.89. The fourth-order valence-corrected chi connectivity index (χ4v) is 4.88. The number of piperidine rings is 1. The molecule has 6 heteroatoms. The Labute approximate surface area is 178 Å². The number of rotatable bonds is 2. The summed E-state index contributed by atoms with van der Waals surface area (Å²) >= 11 is 0. The van der Waals surface area contributed by atoms with Crippen molar-refractivity contribution in [3.8, 4) is 0 Å². The highest BCUT2D eigenvalue weighted by Crippen LogP contribution is 2.35. The van der Waals surface area contributed by atoms with Gasteiger partial charge in [-0.15, -0.1) is 0 Å². The fraction of sp³-hybridized carbons (Fsp3) is 0.583. The number of carbonyl (C=O) groups is 2. The number of benzene rings is 1. The normalized spacial score (nSPS) is 30.9. The highest BCUT2D eigenvalue weighted by atomic mass is 16.5. The minimum absolute atomic E-state index is 0.0195. The highest BCUT2D eigenvalue weighted by molar-refractivity contribution is 5.90. The Kier molecular flexibility index (Phi) is 6.85. The molecule has 162 valence electrons. The standard InChI is InChI=1S/C24H33N3O3/c28-22-21(16-18-6-2-1-3-7-18)27-23(29)24(11-14-30-15-12-24)10-5-4-8-19-17-25-13-9-20(19)26-22/h1-7,19-21,25H,8-17H2,(H,26,28)(H,27,29)/b5-4+/t19-,20-,21-/m0/s1. The van der Waals surface area contributed by atoms with Crippen LogP contribution in [0.2, 0.25) is 0 Å². The summed E-state index contributed by atoms with van der Waals surface area (Å²) in [6.07, 6.45) is 8.78. The van der Waals surface area contributed by atoms with Crippen LogP contribution in [0, 0.1) is 11.3 Å². The van der Waals surface area contributed by atoms with Crippen LogP contribution >= 0.6 is 0 Å². The molecule has 1 spiro atoms. The molecule has 2 fully saturated rings. The van der Waals surface area contributed by atoms with Crippen molar-refractivity contribution in [2.24, 2.45) is 11.3 Å². The van der Waals surface area contributed by atoms with E-state index in [2.05, 4.69) is 28.1 Å². The van der Waals surface area contributed by atoms with Crippen molar-refractivity contribution < 1.29 is 14.3 Å². The van der Waals surface area contributed by atoms with Crippen LogP contribution in [0.1, 0.15) is 37.7 Å². The average Bonchev–Trinajstić information content (AvgIpc) is 2.78. The molecule has 0 aliphatic carbocycles. The smallest absolute Gasteiger partial charge is 0.243 e. The van der Waals surface area contributed by atoms with Crippen LogP contribution in [0.5, 0.6) is 0 Å². The zero-order chi connectivity index (χ0) is 20.8. The first kappa shape index (κ1) is 21.1. The van der Waals surface area contributed by atoms with E-state index in [1.165, 1.54) is 0 Å². The molecular weight excluding hydrogens is 378 g/mol. The van der Waals surface area contributed by atoms with E-state index in [0.717, 1.165) is 31.5 Å². The molecule has 3 atom stereocenters.